The molecule has 1 atom stereocenters. The number of hydrogen-bond acceptors (Lipinski definition) is 4. The van der Waals surface area contributed by atoms with Gasteiger partial charge in [-0.3, -0.25) is 4.98 Å². The molecule has 0 aromatic carbocycles. The summed E-state index contributed by atoms with van der Waals surface area (Å²) in [5, 5.41) is 13.6. The van der Waals surface area contributed by atoms with Crippen LogP contribution in [0.5, 0.6) is 0 Å². The molecule has 7 nitrogen and oxygen atoms in total. The molecule has 1 rings (SSSR count). The molecule has 0 fully saturated rings. The van der Waals surface area contributed by atoms with Gasteiger partial charge in [0.1, 0.15) is 0 Å². The fourth-order valence-electron chi connectivity index (χ4n) is 1.21. The first-order chi connectivity index (χ1) is 8.52. The van der Waals surface area contributed by atoms with E-state index in [1.165, 1.54) is 13.3 Å². The molecule has 7 heteroatoms. The van der Waals surface area contributed by atoms with Crippen molar-refractivity contribution in [1.29, 1.82) is 0 Å². The lowest BCUT2D eigenvalue weighted by Gasteiger charge is -2.14. The molecule has 1 heterocycles. The predicted molar refractivity (Wildman–Crippen MR) is 64.4 cm³/mol. The van der Waals surface area contributed by atoms with Crippen LogP contribution in [0.4, 0.5) is 10.5 Å². The van der Waals surface area contributed by atoms with Crippen LogP contribution < -0.4 is 10.6 Å². The smallest absolute Gasteiger partial charge is 0.328 e. The minimum Gasteiger partial charge on any atom is -0.480 e. The van der Waals surface area contributed by atoms with E-state index < -0.39 is 18.0 Å². The van der Waals surface area contributed by atoms with Crippen molar-refractivity contribution in [3.8, 4) is 0 Å². The second kappa shape index (κ2) is 6.55. The lowest BCUT2D eigenvalue weighted by Crippen LogP contribution is -2.45. The number of ether oxygens (including phenoxy) is 1. The number of rotatable bonds is 5. The first-order valence-corrected chi connectivity index (χ1v) is 5.25. The average molecular weight is 253 g/mol. The molecule has 0 saturated carbocycles. The number of nitrogens with one attached hydrogen (secondary N) is 2. The van der Waals surface area contributed by atoms with Crippen molar-refractivity contribution in [2.75, 3.05) is 19.0 Å². The Morgan fingerprint density at radius 2 is 2.22 bits per heavy atom. The zero-order valence-electron chi connectivity index (χ0n) is 10.1. The molecule has 0 bridgehead atoms. The van der Waals surface area contributed by atoms with E-state index in [0.29, 0.717) is 5.69 Å². The Hall–Kier alpha value is -2.15. The van der Waals surface area contributed by atoms with Crippen LogP contribution in [0.2, 0.25) is 0 Å². The van der Waals surface area contributed by atoms with E-state index in [1.54, 1.807) is 12.1 Å². The molecule has 3 N–H and O–H groups in total. The largest absolute Gasteiger partial charge is 0.480 e. The second-order valence-corrected chi connectivity index (χ2v) is 3.63. The summed E-state index contributed by atoms with van der Waals surface area (Å²) in [7, 11) is 1.36. The molecular formula is C11H15N3O4. The van der Waals surface area contributed by atoms with E-state index in [0.717, 1.165) is 5.69 Å². The summed E-state index contributed by atoms with van der Waals surface area (Å²) in [6, 6.07) is 1.70. The number of carbonyl (C=O) groups excluding carboxylic acids is 1. The number of amides is 2. The maximum absolute atomic E-state index is 11.5. The van der Waals surface area contributed by atoms with Crippen molar-refractivity contribution >= 4 is 17.7 Å². The third-order valence-electron chi connectivity index (χ3n) is 2.11. The number of aryl methyl sites for hydroxylation is 1. The van der Waals surface area contributed by atoms with Crippen LogP contribution in [0.15, 0.2) is 18.3 Å². The van der Waals surface area contributed by atoms with E-state index in [9.17, 15) is 9.59 Å². The Morgan fingerprint density at radius 3 is 2.72 bits per heavy atom. The number of carboxylic acid groups (broad SMARTS) is 1. The van der Waals surface area contributed by atoms with Gasteiger partial charge in [0.25, 0.3) is 0 Å². The second-order valence-electron chi connectivity index (χ2n) is 3.63. The van der Waals surface area contributed by atoms with Gasteiger partial charge in [-0.15, -0.1) is 0 Å². The number of nitrogens with zero attached hydrogens (tertiary/aromatic N) is 1. The number of aliphatic carboxylic acids is 1. The fourth-order valence-corrected chi connectivity index (χ4v) is 1.21. The summed E-state index contributed by atoms with van der Waals surface area (Å²) in [4.78, 5) is 26.3. The SMILES string of the molecule is COCC(NC(=O)Nc1ccc(C)nc1)C(=O)O. The molecular weight excluding hydrogens is 238 g/mol. The highest BCUT2D eigenvalue weighted by atomic mass is 16.5. The zero-order chi connectivity index (χ0) is 13.5. The molecule has 0 radical (unpaired) electrons. The Balaban J connectivity index is 2.54. The molecule has 1 aromatic heterocycles. The molecule has 1 unspecified atom stereocenters. The van der Waals surface area contributed by atoms with Gasteiger partial charge in [0.05, 0.1) is 18.5 Å². The van der Waals surface area contributed by atoms with E-state index in [1.807, 2.05) is 6.92 Å². The van der Waals surface area contributed by atoms with Crippen LogP contribution in [0.3, 0.4) is 0 Å². The topological polar surface area (TPSA) is 101 Å². The molecule has 0 aliphatic carbocycles. The molecule has 18 heavy (non-hydrogen) atoms. The fraction of sp³-hybridized carbons (Fsp3) is 0.364. The lowest BCUT2D eigenvalue weighted by molar-refractivity contribution is -0.140. The Bertz CT molecular complexity index is 419. The van der Waals surface area contributed by atoms with Gasteiger partial charge in [-0.25, -0.2) is 9.59 Å². The summed E-state index contributed by atoms with van der Waals surface area (Å²) < 4.78 is 4.70. The summed E-state index contributed by atoms with van der Waals surface area (Å²) in [6.45, 7) is 1.72. The van der Waals surface area contributed by atoms with Gasteiger partial charge in [0, 0.05) is 12.8 Å². The maximum atomic E-state index is 11.5. The monoisotopic (exact) mass is 253 g/mol. The van der Waals surface area contributed by atoms with Gasteiger partial charge >= 0.3 is 12.0 Å². The standard InChI is InChI=1S/C11H15N3O4/c1-7-3-4-8(5-12-7)13-11(17)14-9(6-18-2)10(15)16/h3-5,9H,6H2,1-2H3,(H,15,16)(H2,13,14,17). The quantitative estimate of drug-likeness (QED) is 0.713. The van der Waals surface area contributed by atoms with E-state index >= 15 is 0 Å². The van der Waals surface area contributed by atoms with Crippen LogP contribution in [-0.2, 0) is 9.53 Å². The van der Waals surface area contributed by atoms with Crippen molar-refractivity contribution in [2.45, 2.75) is 13.0 Å². The first-order valence-electron chi connectivity index (χ1n) is 5.25. The molecule has 98 valence electrons. The number of carboxylic acids is 1. The highest BCUT2D eigenvalue weighted by Gasteiger charge is 2.19. The molecule has 1 aromatic rings. The van der Waals surface area contributed by atoms with Crippen molar-refractivity contribution in [1.82, 2.24) is 10.3 Å². The highest BCUT2D eigenvalue weighted by Crippen LogP contribution is 2.04. The number of anilines is 1. The van der Waals surface area contributed by atoms with Gasteiger partial charge in [0.15, 0.2) is 6.04 Å². The van der Waals surface area contributed by atoms with Crippen molar-refractivity contribution in [3.05, 3.63) is 24.0 Å². The van der Waals surface area contributed by atoms with Crippen LogP contribution in [0.1, 0.15) is 5.69 Å². The molecule has 0 saturated heterocycles. The Morgan fingerprint density at radius 1 is 1.50 bits per heavy atom. The van der Waals surface area contributed by atoms with Gasteiger partial charge in [0.2, 0.25) is 0 Å². The Labute approximate surface area is 104 Å². The van der Waals surface area contributed by atoms with Gasteiger partial charge in [-0.05, 0) is 19.1 Å². The number of hydrogen-bond donors (Lipinski definition) is 3. The van der Waals surface area contributed by atoms with Crippen molar-refractivity contribution < 1.29 is 19.4 Å². The average Bonchev–Trinajstić information content (AvgIpc) is 2.31. The lowest BCUT2D eigenvalue weighted by atomic mass is 10.3. The number of urea groups is 1. The minimum absolute atomic E-state index is 0.102. The summed E-state index contributed by atoms with van der Waals surface area (Å²) in [5.74, 6) is -1.16. The normalized spacial score (nSPS) is 11.7. The molecule has 0 aliphatic heterocycles. The Kier molecular flexibility index (Phi) is 5.06. The van der Waals surface area contributed by atoms with E-state index in [4.69, 9.17) is 9.84 Å². The predicted octanol–water partition coefficient (Wildman–Crippen LogP) is 0.611. The summed E-state index contributed by atoms with van der Waals surface area (Å²) in [5.41, 5.74) is 1.31. The van der Waals surface area contributed by atoms with Crippen LogP contribution >= 0.6 is 0 Å². The zero-order valence-corrected chi connectivity index (χ0v) is 10.1. The van der Waals surface area contributed by atoms with Crippen molar-refractivity contribution in [3.63, 3.8) is 0 Å². The number of pyridine rings is 1. The van der Waals surface area contributed by atoms with Gasteiger partial charge in [-0.2, -0.15) is 0 Å². The maximum Gasteiger partial charge on any atom is 0.328 e. The number of methoxy groups -OCH3 is 1. The van der Waals surface area contributed by atoms with Crippen LogP contribution in [0, 0.1) is 6.92 Å². The summed E-state index contributed by atoms with van der Waals surface area (Å²) in [6.07, 6.45) is 1.49. The number of carbonyl (C=O) groups is 2. The number of aromatic nitrogens is 1. The molecule has 0 spiro atoms. The molecule has 2 amide bonds. The summed E-state index contributed by atoms with van der Waals surface area (Å²) >= 11 is 0. The van der Waals surface area contributed by atoms with Crippen LogP contribution in [-0.4, -0.2) is 41.8 Å². The first kappa shape index (κ1) is 13.9. The molecule has 0 aliphatic rings. The third kappa shape index (κ3) is 4.38. The van der Waals surface area contributed by atoms with Gasteiger partial charge < -0.3 is 20.5 Å². The van der Waals surface area contributed by atoms with E-state index in [2.05, 4.69) is 15.6 Å². The van der Waals surface area contributed by atoms with Crippen molar-refractivity contribution in [2.24, 2.45) is 0 Å². The van der Waals surface area contributed by atoms with Gasteiger partial charge in [-0.1, -0.05) is 0 Å². The highest BCUT2D eigenvalue weighted by molar-refractivity contribution is 5.92. The van der Waals surface area contributed by atoms with E-state index in [-0.39, 0.29) is 6.61 Å². The van der Waals surface area contributed by atoms with Crippen LogP contribution in [0.25, 0.3) is 0 Å². The minimum atomic E-state index is -1.16. The third-order valence-corrected chi connectivity index (χ3v) is 2.11.